The first kappa shape index (κ1) is 26.9. The van der Waals surface area contributed by atoms with E-state index in [1.54, 1.807) is 42.0 Å². The summed E-state index contributed by atoms with van der Waals surface area (Å²) in [4.78, 5) is 26.9. The van der Waals surface area contributed by atoms with Crippen molar-refractivity contribution < 1.29 is 19.5 Å². The minimum absolute atomic E-state index is 0.0640. The fraction of sp³-hybridized carbons (Fsp3) is 0.290. The van der Waals surface area contributed by atoms with Gasteiger partial charge >= 0.3 is 0 Å². The lowest BCUT2D eigenvalue weighted by molar-refractivity contribution is -0.216. The normalized spacial score (nSPS) is 15.8. The van der Waals surface area contributed by atoms with Gasteiger partial charge in [-0.2, -0.15) is 5.06 Å². The van der Waals surface area contributed by atoms with Crippen LogP contribution in [0.2, 0.25) is 5.02 Å². The lowest BCUT2D eigenvalue weighted by Crippen LogP contribution is -2.42. The molecule has 1 amide bonds. The number of hydrogen-bond acceptors (Lipinski definition) is 5. The molecule has 0 unspecified atom stereocenters. The van der Waals surface area contributed by atoms with Gasteiger partial charge in [-0.15, -0.1) is 0 Å². The van der Waals surface area contributed by atoms with E-state index in [4.69, 9.17) is 16.3 Å². The number of anilines is 1. The molecule has 1 aliphatic heterocycles. The van der Waals surface area contributed by atoms with Crippen LogP contribution in [-0.2, 0) is 22.3 Å². The van der Waals surface area contributed by atoms with Gasteiger partial charge < -0.3 is 15.3 Å². The summed E-state index contributed by atoms with van der Waals surface area (Å²) in [5.74, 6) is 0.218. The second kappa shape index (κ2) is 9.52. The molecule has 8 heteroatoms. The largest absolute Gasteiger partial charge is 0.497 e. The van der Waals surface area contributed by atoms with Crippen molar-refractivity contribution in [3.8, 4) is 5.75 Å². The molecule has 0 spiro atoms. The molecule has 1 aliphatic rings. The van der Waals surface area contributed by atoms with Crippen LogP contribution in [0, 0.1) is 6.92 Å². The van der Waals surface area contributed by atoms with Gasteiger partial charge in [0.25, 0.3) is 5.91 Å². The fourth-order valence-corrected chi connectivity index (χ4v) is 5.88. The Bertz CT molecular complexity index is 1620. The zero-order valence-electron chi connectivity index (χ0n) is 22.9. The summed E-state index contributed by atoms with van der Waals surface area (Å²) in [6.07, 6.45) is 0.0640. The van der Waals surface area contributed by atoms with Crippen molar-refractivity contribution >= 4 is 40.0 Å². The minimum Gasteiger partial charge on any atom is -0.497 e. The second-order valence-electron chi connectivity index (χ2n) is 11.0. The molecule has 2 heterocycles. The fourth-order valence-electron chi connectivity index (χ4n) is 5.75. The number of carbonyl (C=O) groups is 2. The molecule has 202 valence electrons. The average molecular weight is 546 g/mol. The number of hydroxylamine groups is 2. The Morgan fingerprint density at radius 1 is 0.949 bits per heavy atom. The van der Waals surface area contributed by atoms with Gasteiger partial charge in [-0.3, -0.25) is 14.2 Å². The zero-order chi connectivity index (χ0) is 28.3. The number of nitrogens with zero attached hydrogens (tertiary/aromatic N) is 2. The number of benzene rings is 3. The van der Waals surface area contributed by atoms with E-state index in [2.05, 4.69) is 5.32 Å². The number of hydrogen-bond donors (Lipinski definition) is 2. The first-order valence-electron chi connectivity index (χ1n) is 12.8. The summed E-state index contributed by atoms with van der Waals surface area (Å²) in [5, 5.41) is 16.5. The summed E-state index contributed by atoms with van der Waals surface area (Å²) in [6, 6.07) is 18.0. The van der Waals surface area contributed by atoms with Crippen molar-refractivity contribution in [2.24, 2.45) is 0 Å². The number of ether oxygens (including phenoxy) is 1. The van der Waals surface area contributed by atoms with Gasteiger partial charge in [0.05, 0.1) is 30.1 Å². The van der Waals surface area contributed by atoms with Crippen molar-refractivity contribution in [2.45, 2.75) is 52.1 Å². The van der Waals surface area contributed by atoms with Crippen molar-refractivity contribution in [3.63, 3.8) is 0 Å². The van der Waals surface area contributed by atoms with E-state index < -0.39 is 11.1 Å². The Hall–Kier alpha value is -3.65. The molecular weight excluding hydrogens is 514 g/mol. The summed E-state index contributed by atoms with van der Waals surface area (Å²) in [6.45, 7) is 9.69. The van der Waals surface area contributed by atoms with Crippen LogP contribution in [0.4, 0.5) is 5.69 Å². The number of aromatic nitrogens is 1. The van der Waals surface area contributed by atoms with Gasteiger partial charge in [-0.05, 0) is 106 Å². The maximum Gasteiger partial charge on any atom is 0.262 e. The predicted octanol–water partition coefficient (Wildman–Crippen LogP) is 6.66. The Balaban J connectivity index is 1.50. The topological polar surface area (TPSA) is 83.8 Å². The number of methoxy groups -OCH3 is 1. The summed E-state index contributed by atoms with van der Waals surface area (Å²) >= 11 is 6.03. The molecule has 39 heavy (non-hydrogen) atoms. The van der Waals surface area contributed by atoms with Gasteiger partial charge in [0.2, 0.25) is 5.91 Å². The highest BCUT2D eigenvalue weighted by Gasteiger charge is 2.48. The molecule has 0 bridgehead atoms. The third-order valence-corrected chi connectivity index (χ3v) is 8.11. The number of nitrogens with one attached hydrogen (secondary N) is 1. The molecule has 0 atom stereocenters. The first-order chi connectivity index (χ1) is 18.4. The molecule has 4 aromatic rings. The van der Waals surface area contributed by atoms with Crippen molar-refractivity contribution in [1.82, 2.24) is 9.63 Å². The Morgan fingerprint density at radius 2 is 1.62 bits per heavy atom. The second-order valence-corrected chi connectivity index (χ2v) is 11.4. The van der Waals surface area contributed by atoms with E-state index in [0.717, 1.165) is 22.1 Å². The molecule has 0 fully saturated rings. The molecule has 0 saturated carbocycles. The third kappa shape index (κ3) is 4.40. The van der Waals surface area contributed by atoms with Crippen LogP contribution in [0.3, 0.4) is 0 Å². The highest BCUT2D eigenvalue weighted by Crippen LogP contribution is 2.48. The van der Waals surface area contributed by atoms with E-state index in [1.165, 1.54) is 5.06 Å². The van der Waals surface area contributed by atoms with Crippen LogP contribution in [0.1, 0.15) is 60.4 Å². The van der Waals surface area contributed by atoms with E-state index in [9.17, 15) is 14.8 Å². The smallest absolute Gasteiger partial charge is 0.262 e. The predicted molar refractivity (Wildman–Crippen MR) is 153 cm³/mol. The lowest BCUT2D eigenvalue weighted by Gasteiger charge is -2.34. The molecule has 7 nitrogen and oxygen atoms in total. The van der Waals surface area contributed by atoms with Crippen molar-refractivity contribution in [2.75, 3.05) is 12.4 Å². The third-order valence-electron chi connectivity index (χ3n) is 7.85. The van der Waals surface area contributed by atoms with Gasteiger partial charge in [0.1, 0.15) is 5.75 Å². The number of rotatable bonds is 5. The van der Waals surface area contributed by atoms with E-state index in [1.807, 2.05) is 65.0 Å². The maximum absolute atomic E-state index is 13.5. The Morgan fingerprint density at radius 3 is 2.28 bits per heavy atom. The molecule has 1 aromatic heterocycles. The average Bonchev–Trinajstić information content (AvgIpc) is 3.24. The monoisotopic (exact) mass is 545 g/mol. The standard InChI is InChI=1S/C31H32ClN3O4/c1-18-23(17-28(36)33-21-11-13-25-26(15-21)31(4,5)35(38)30(25,2)3)24-16-22(39-6)12-14-27(24)34(18)29(37)19-7-9-20(32)10-8-19/h7-16,38H,17H2,1-6H3,(H,33,36). The molecule has 0 aliphatic carbocycles. The van der Waals surface area contributed by atoms with E-state index >= 15 is 0 Å². The molecule has 2 N–H and O–H groups in total. The van der Waals surface area contributed by atoms with Crippen LogP contribution in [0.25, 0.3) is 10.9 Å². The van der Waals surface area contributed by atoms with Gasteiger partial charge in [0, 0.05) is 27.4 Å². The number of amides is 1. The van der Waals surface area contributed by atoms with Gasteiger partial charge in [-0.25, -0.2) is 0 Å². The van der Waals surface area contributed by atoms with Crippen LogP contribution >= 0.6 is 11.6 Å². The molecule has 3 aromatic carbocycles. The SMILES string of the molecule is COc1ccc2c(c1)c(CC(=O)Nc1ccc3c(c1)C(C)(C)N(O)C3(C)C)c(C)n2C(=O)c1ccc(Cl)cc1. The zero-order valence-corrected chi connectivity index (χ0v) is 23.7. The highest BCUT2D eigenvalue weighted by atomic mass is 35.5. The van der Waals surface area contributed by atoms with E-state index in [0.29, 0.717) is 33.2 Å². The van der Waals surface area contributed by atoms with Crippen LogP contribution in [0.5, 0.6) is 5.75 Å². The highest BCUT2D eigenvalue weighted by molar-refractivity contribution is 6.30. The van der Waals surface area contributed by atoms with Crippen molar-refractivity contribution in [1.29, 1.82) is 0 Å². The quantitative estimate of drug-likeness (QED) is 0.293. The number of halogens is 1. The number of carbonyl (C=O) groups excluding carboxylic acids is 2. The first-order valence-corrected chi connectivity index (χ1v) is 13.2. The van der Waals surface area contributed by atoms with E-state index in [-0.39, 0.29) is 18.2 Å². The molecule has 0 radical (unpaired) electrons. The number of fused-ring (bicyclic) bond motifs is 2. The maximum atomic E-state index is 13.5. The molecule has 5 rings (SSSR count). The molecular formula is C31H32ClN3O4. The van der Waals surface area contributed by atoms with Crippen molar-refractivity contribution in [3.05, 3.63) is 93.6 Å². The minimum atomic E-state index is -0.609. The Kier molecular flexibility index (Phi) is 6.58. The van der Waals surface area contributed by atoms with Crippen LogP contribution in [-0.4, -0.2) is 33.8 Å². The summed E-state index contributed by atoms with van der Waals surface area (Å²) < 4.78 is 7.07. The Labute approximate surface area is 232 Å². The van der Waals surface area contributed by atoms with Gasteiger partial charge in [0.15, 0.2) is 0 Å². The van der Waals surface area contributed by atoms with Gasteiger partial charge in [-0.1, -0.05) is 17.7 Å². The summed E-state index contributed by atoms with van der Waals surface area (Å²) in [5.41, 5.74) is 4.08. The summed E-state index contributed by atoms with van der Waals surface area (Å²) in [7, 11) is 1.58. The van der Waals surface area contributed by atoms with Crippen LogP contribution < -0.4 is 10.1 Å². The van der Waals surface area contributed by atoms with Crippen LogP contribution in [0.15, 0.2) is 60.7 Å². The lowest BCUT2D eigenvalue weighted by atomic mass is 9.90. The molecule has 0 saturated heterocycles.